The highest BCUT2D eigenvalue weighted by atomic mass is 127. The van der Waals surface area contributed by atoms with Crippen LogP contribution in [0.1, 0.15) is 0 Å². The fourth-order valence-corrected chi connectivity index (χ4v) is 0.816. The minimum atomic E-state index is 0.897. The molecule has 1 aromatic rings. The predicted octanol–water partition coefficient (Wildman–Crippen LogP) is 0.819. The zero-order valence-corrected chi connectivity index (χ0v) is 6.37. The summed E-state index contributed by atoms with van der Waals surface area (Å²) in [4.78, 5) is 3.84. The highest BCUT2D eigenvalue weighted by molar-refractivity contribution is 14.1. The van der Waals surface area contributed by atoms with Crippen LogP contribution < -0.4 is 5.43 Å². The van der Waals surface area contributed by atoms with Gasteiger partial charge in [0.1, 0.15) is 6.33 Å². The quantitative estimate of drug-likeness (QED) is 0.457. The average Bonchev–Trinajstić information content (AvgIpc) is 2.19. The van der Waals surface area contributed by atoms with E-state index in [1.807, 2.05) is 10.9 Å². The molecule has 44 valence electrons. The van der Waals surface area contributed by atoms with Crippen LogP contribution in [0.3, 0.4) is 0 Å². The van der Waals surface area contributed by atoms with Gasteiger partial charge >= 0.3 is 0 Å². The van der Waals surface area contributed by atoms with Crippen LogP contribution in [0.25, 0.3) is 0 Å². The third-order valence-corrected chi connectivity index (χ3v) is 1.09. The monoisotopic (exact) mass is 223 g/mol. The summed E-state index contributed by atoms with van der Waals surface area (Å²) in [5.74, 6) is 0. The zero-order valence-electron chi connectivity index (χ0n) is 4.21. The molecule has 0 bridgehead atoms. The van der Waals surface area contributed by atoms with Crippen LogP contribution >= 0.6 is 22.6 Å². The molecule has 4 heteroatoms. The maximum atomic E-state index is 3.84. The van der Waals surface area contributed by atoms with Crippen molar-refractivity contribution in [2.24, 2.45) is 0 Å². The third kappa shape index (κ3) is 1.36. The molecule has 0 atom stereocenters. The molecule has 0 aromatic carbocycles. The van der Waals surface area contributed by atoms with E-state index in [4.69, 9.17) is 0 Å². The molecule has 0 amide bonds. The first-order valence-electron chi connectivity index (χ1n) is 2.21. The van der Waals surface area contributed by atoms with Crippen molar-refractivity contribution in [1.82, 2.24) is 9.66 Å². The summed E-state index contributed by atoms with van der Waals surface area (Å²) in [6.07, 6.45) is 5.32. The Morgan fingerprint density at radius 1 is 1.75 bits per heavy atom. The van der Waals surface area contributed by atoms with E-state index in [2.05, 4.69) is 33.0 Å². The summed E-state index contributed by atoms with van der Waals surface area (Å²) in [7, 11) is 0. The molecular weight excluding hydrogens is 217 g/mol. The molecule has 3 nitrogen and oxygen atoms in total. The van der Waals surface area contributed by atoms with Crippen molar-refractivity contribution in [2.45, 2.75) is 0 Å². The minimum Gasteiger partial charge on any atom is -0.315 e. The largest absolute Gasteiger partial charge is 0.315 e. The fraction of sp³-hybridized carbons (Fsp3) is 0.250. The van der Waals surface area contributed by atoms with Gasteiger partial charge in [-0.25, -0.2) is 4.98 Å². The van der Waals surface area contributed by atoms with Gasteiger partial charge in [0, 0.05) is 12.4 Å². The molecule has 0 aliphatic carbocycles. The summed E-state index contributed by atoms with van der Waals surface area (Å²) in [5, 5.41) is 0. The molecule has 8 heavy (non-hydrogen) atoms. The number of hydrogen-bond acceptors (Lipinski definition) is 2. The first-order valence-corrected chi connectivity index (χ1v) is 3.74. The van der Waals surface area contributed by atoms with E-state index in [0.717, 1.165) is 4.55 Å². The van der Waals surface area contributed by atoms with E-state index in [0.29, 0.717) is 0 Å². The van der Waals surface area contributed by atoms with Crippen LogP contribution in [0, 0.1) is 0 Å². The molecule has 0 saturated heterocycles. The second kappa shape index (κ2) is 2.91. The first-order chi connectivity index (χ1) is 3.93. The minimum absolute atomic E-state index is 0.897. The highest BCUT2D eigenvalue weighted by Crippen LogP contribution is 1.81. The number of hydrogen-bond donors (Lipinski definition) is 1. The lowest BCUT2D eigenvalue weighted by atomic mass is 11.0. The van der Waals surface area contributed by atoms with Crippen LogP contribution in [0.5, 0.6) is 0 Å². The van der Waals surface area contributed by atoms with Crippen molar-refractivity contribution in [3.8, 4) is 0 Å². The van der Waals surface area contributed by atoms with Crippen molar-refractivity contribution in [3.05, 3.63) is 18.7 Å². The molecule has 1 N–H and O–H groups in total. The molecule has 0 radical (unpaired) electrons. The van der Waals surface area contributed by atoms with E-state index >= 15 is 0 Å². The summed E-state index contributed by atoms with van der Waals surface area (Å²) >= 11 is 2.23. The van der Waals surface area contributed by atoms with Crippen LogP contribution in [-0.2, 0) is 0 Å². The lowest BCUT2D eigenvalue weighted by molar-refractivity contribution is 0.918. The SMILES string of the molecule is ICNn1ccnc1. The number of rotatable bonds is 2. The average molecular weight is 223 g/mol. The molecule has 0 spiro atoms. The van der Waals surface area contributed by atoms with E-state index in [1.54, 1.807) is 12.5 Å². The third-order valence-electron chi connectivity index (χ3n) is 0.747. The van der Waals surface area contributed by atoms with Gasteiger partial charge < -0.3 is 5.43 Å². The normalized spacial score (nSPS) is 9.12. The molecular formula is C4H6IN3. The second-order valence-electron chi connectivity index (χ2n) is 1.26. The van der Waals surface area contributed by atoms with Crippen molar-refractivity contribution in [3.63, 3.8) is 0 Å². The van der Waals surface area contributed by atoms with E-state index in [9.17, 15) is 0 Å². The summed E-state index contributed by atoms with van der Waals surface area (Å²) in [5.41, 5.74) is 3.03. The smallest absolute Gasteiger partial charge is 0.114 e. The topological polar surface area (TPSA) is 29.9 Å². The molecule has 1 heterocycles. The lowest BCUT2D eigenvalue weighted by Crippen LogP contribution is -2.08. The molecule has 0 aliphatic rings. The molecule has 1 aromatic heterocycles. The van der Waals surface area contributed by atoms with Crippen molar-refractivity contribution in [1.29, 1.82) is 0 Å². The fourth-order valence-electron chi connectivity index (χ4n) is 0.422. The molecule has 0 saturated carbocycles. The van der Waals surface area contributed by atoms with E-state index in [-0.39, 0.29) is 0 Å². The van der Waals surface area contributed by atoms with Crippen LogP contribution in [0.4, 0.5) is 0 Å². The van der Waals surface area contributed by atoms with Crippen molar-refractivity contribution >= 4 is 22.6 Å². The Balaban J connectivity index is 2.50. The van der Waals surface area contributed by atoms with Crippen molar-refractivity contribution < 1.29 is 0 Å². The molecule has 1 rings (SSSR count). The van der Waals surface area contributed by atoms with Gasteiger partial charge in [-0.15, -0.1) is 0 Å². The Hall–Kier alpha value is -0.260. The standard InChI is InChI=1S/C4H6IN3/c5-3-7-8-2-1-6-4-8/h1-2,4,7H,3H2. The number of imidazole rings is 1. The second-order valence-corrected chi connectivity index (χ2v) is 2.02. The predicted molar refractivity (Wildman–Crippen MR) is 40.5 cm³/mol. The lowest BCUT2D eigenvalue weighted by Gasteiger charge is -1.98. The highest BCUT2D eigenvalue weighted by Gasteiger charge is 1.79. The van der Waals surface area contributed by atoms with Gasteiger partial charge in [-0.3, -0.25) is 4.68 Å². The Morgan fingerprint density at radius 3 is 3.12 bits per heavy atom. The Labute approximate surface area is 61.2 Å². The van der Waals surface area contributed by atoms with E-state index in [1.165, 1.54) is 0 Å². The van der Waals surface area contributed by atoms with Gasteiger partial charge in [0.2, 0.25) is 0 Å². The number of halogens is 1. The van der Waals surface area contributed by atoms with Gasteiger partial charge in [0.25, 0.3) is 0 Å². The summed E-state index contributed by atoms with van der Waals surface area (Å²) in [6.45, 7) is 0. The molecule has 0 aliphatic heterocycles. The number of alkyl halides is 1. The van der Waals surface area contributed by atoms with Gasteiger partial charge in [-0.05, 0) is 0 Å². The number of nitrogens with one attached hydrogen (secondary N) is 1. The first kappa shape index (κ1) is 5.87. The Kier molecular flexibility index (Phi) is 2.13. The van der Waals surface area contributed by atoms with Crippen molar-refractivity contribution in [2.75, 3.05) is 9.98 Å². The maximum absolute atomic E-state index is 3.84. The molecule has 0 fully saturated rings. The summed E-state index contributed by atoms with van der Waals surface area (Å²) in [6, 6.07) is 0. The van der Waals surface area contributed by atoms with Gasteiger partial charge in [0.05, 0.1) is 4.55 Å². The zero-order chi connectivity index (χ0) is 5.82. The number of aromatic nitrogens is 2. The van der Waals surface area contributed by atoms with Crippen LogP contribution in [0.15, 0.2) is 18.7 Å². The van der Waals surface area contributed by atoms with Gasteiger partial charge in [-0.2, -0.15) is 0 Å². The van der Waals surface area contributed by atoms with Crippen LogP contribution in [0.2, 0.25) is 0 Å². The van der Waals surface area contributed by atoms with Crippen LogP contribution in [-0.4, -0.2) is 14.2 Å². The molecule has 0 unspecified atom stereocenters. The Morgan fingerprint density at radius 2 is 2.62 bits per heavy atom. The summed E-state index contributed by atoms with van der Waals surface area (Å²) < 4.78 is 2.71. The Bertz CT molecular complexity index is 137. The van der Waals surface area contributed by atoms with Gasteiger partial charge in [0.15, 0.2) is 0 Å². The number of nitrogens with zero attached hydrogens (tertiary/aromatic N) is 2. The maximum Gasteiger partial charge on any atom is 0.114 e. The van der Waals surface area contributed by atoms with E-state index < -0.39 is 0 Å². The van der Waals surface area contributed by atoms with Gasteiger partial charge in [-0.1, -0.05) is 22.6 Å².